The van der Waals surface area contributed by atoms with Crippen LogP contribution in [-0.4, -0.2) is 60.4 Å². The fraction of sp³-hybridized carbons (Fsp3) is 0.571. The Morgan fingerprint density at radius 3 is 2.65 bits per heavy atom. The molecular weight excluding hydrogens is 256 g/mol. The van der Waals surface area contributed by atoms with E-state index in [4.69, 9.17) is 0 Å². The van der Waals surface area contributed by atoms with Crippen molar-refractivity contribution in [3.8, 4) is 0 Å². The van der Waals surface area contributed by atoms with Crippen LogP contribution in [0.25, 0.3) is 0 Å². The Kier molecular flexibility index (Phi) is 4.92. The second-order valence-corrected chi connectivity index (χ2v) is 5.13. The highest BCUT2D eigenvalue weighted by atomic mass is 16.2. The van der Waals surface area contributed by atoms with Gasteiger partial charge in [0.1, 0.15) is 5.69 Å². The van der Waals surface area contributed by atoms with Crippen LogP contribution in [-0.2, 0) is 7.05 Å². The third kappa shape index (κ3) is 3.68. The zero-order valence-electron chi connectivity index (χ0n) is 12.1. The SMILES string of the molecule is CC(=O)c1cc(C(=O)NCCN2CCNCC2)n(C)c1. The number of nitrogens with one attached hydrogen (secondary N) is 2. The standard InChI is InChI=1S/C14H22N4O2/c1-11(19)12-9-13(17(2)10-12)14(20)16-5-8-18-6-3-15-4-7-18/h9-10,15H,3-8H2,1-2H3,(H,16,20). The fourth-order valence-electron chi connectivity index (χ4n) is 2.34. The first-order valence-corrected chi connectivity index (χ1v) is 6.96. The predicted molar refractivity (Wildman–Crippen MR) is 77.1 cm³/mol. The molecule has 2 heterocycles. The molecule has 1 aliphatic rings. The maximum atomic E-state index is 12.1. The zero-order valence-corrected chi connectivity index (χ0v) is 12.1. The van der Waals surface area contributed by atoms with E-state index < -0.39 is 0 Å². The van der Waals surface area contributed by atoms with E-state index in [2.05, 4.69) is 15.5 Å². The van der Waals surface area contributed by atoms with Crippen LogP contribution in [0.2, 0.25) is 0 Å². The van der Waals surface area contributed by atoms with E-state index in [1.54, 1.807) is 23.9 Å². The number of hydrogen-bond acceptors (Lipinski definition) is 4. The van der Waals surface area contributed by atoms with Gasteiger partial charge in [0.05, 0.1) is 0 Å². The molecule has 20 heavy (non-hydrogen) atoms. The van der Waals surface area contributed by atoms with Crippen LogP contribution in [0, 0.1) is 0 Å². The van der Waals surface area contributed by atoms with Crippen molar-refractivity contribution >= 4 is 11.7 Å². The Labute approximate surface area is 119 Å². The van der Waals surface area contributed by atoms with Crippen LogP contribution >= 0.6 is 0 Å². The number of rotatable bonds is 5. The van der Waals surface area contributed by atoms with E-state index in [1.165, 1.54) is 6.92 Å². The molecule has 6 nitrogen and oxygen atoms in total. The van der Waals surface area contributed by atoms with Crippen molar-refractivity contribution in [2.75, 3.05) is 39.3 Å². The van der Waals surface area contributed by atoms with Gasteiger partial charge in [-0.15, -0.1) is 0 Å². The third-order valence-electron chi connectivity index (χ3n) is 3.57. The Hall–Kier alpha value is -1.66. The zero-order chi connectivity index (χ0) is 14.5. The molecule has 1 aromatic rings. The molecule has 6 heteroatoms. The molecule has 0 radical (unpaired) electrons. The highest BCUT2D eigenvalue weighted by Gasteiger charge is 2.14. The smallest absolute Gasteiger partial charge is 0.267 e. The minimum Gasteiger partial charge on any atom is -0.349 e. The van der Waals surface area contributed by atoms with Gasteiger partial charge in [0.15, 0.2) is 5.78 Å². The van der Waals surface area contributed by atoms with Gasteiger partial charge in [-0.25, -0.2) is 0 Å². The van der Waals surface area contributed by atoms with Crippen molar-refractivity contribution in [1.29, 1.82) is 0 Å². The lowest BCUT2D eigenvalue weighted by Gasteiger charge is -2.27. The summed E-state index contributed by atoms with van der Waals surface area (Å²) in [5.74, 6) is -0.157. The van der Waals surface area contributed by atoms with Crippen molar-refractivity contribution < 1.29 is 9.59 Å². The largest absolute Gasteiger partial charge is 0.349 e. The van der Waals surface area contributed by atoms with E-state index in [0.29, 0.717) is 17.8 Å². The molecular formula is C14H22N4O2. The monoisotopic (exact) mass is 278 g/mol. The van der Waals surface area contributed by atoms with Gasteiger partial charge < -0.3 is 15.2 Å². The molecule has 1 aromatic heterocycles. The molecule has 0 atom stereocenters. The van der Waals surface area contributed by atoms with E-state index in [9.17, 15) is 9.59 Å². The molecule has 0 aromatic carbocycles. The van der Waals surface area contributed by atoms with Gasteiger partial charge in [-0.3, -0.25) is 14.5 Å². The number of Topliss-reactive ketones (excluding diaryl/α,β-unsaturated/α-hetero) is 1. The topological polar surface area (TPSA) is 66.4 Å². The molecule has 0 aliphatic carbocycles. The number of carbonyl (C=O) groups excluding carboxylic acids is 2. The average Bonchev–Trinajstić information content (AvgIpc) is 2.82. The number of amides is 1. The molecule has 0 spiro atoms. The molecule has 2 rings (SSSR count). The first-order valence-electron chi connectivity index (χ1n) is 6.96. The number of carbonyl (C=O) groups is 2. The Bertz CT molecular complexity index is 489. The number of hydrogen-bond donors (Lipinski definition) is 2. The van der Waals surface area contributed by atoms with Crippen molar-refractivity contribution in [2.45, 2.75) is 6.92 Å². The van der Waals surface area contributed by atoms with Crippen LogP contribution in [0.15, 0.2) is 12.3 Å². The van der Waals surface area contributed by atoms with Crippen LogP contribution < -0.4 is 10.6 Å². The summed E-state index contributed by atoms with van der Waals surface area (Å²) >= 11 is 0. The second kappa shape index (κ2) is 6.67. The van der Waals surface area contributed by atoms with Crippen LogP contribution in [0.4, 0.5) is 0 Å². The third-order valence-corrected chi connectivity index (χ3v) is 3.57. The van der Waals surface area contributed by atoms with Crippen molar-refractivity contribution in [3.63, 3.8) is 0 Å². The summed E-state index contributed by atoms with van der Waals surface area (Å²) in [6.07, 6.45) is 1.69. The molecule has 2 N–H and O–H groups in total. The molecule has 110 valence electrons. The number of piperazine rings is 1. The predicted octanol–water partition coefficient (Wildman–Crippen LogP) is -0.137. The van der Waals surface area contributed by atoms with Crippen LogP contribution in [0.5, 0.6) is 0 Å². The fourth-order valence-corrected chi connectivity index (χ4v) is 2.34. The summed E-state index contributed by atoms with van der Waals surface area (Å²) in [6, 6.07) is 1.64. The van der Waals surface area contributed by atoms with Crippen molar-refractivity contribution in [2.24, 2.45) is 7.05 Å². The molecule has 1 fully saturated rings. The molecule has 0 bridgehead atoms. The molecule has 1 saturated heterocycles. The van der Waals surface area contributed by atoms with Crippen LogP contribution in [0.1, 0.15) is 27.8 Å². The lowest BCUT2D eigenvalue weighted by molar-refractivity contribution is 0.0939. The number of aryl methyl sites for hydroxylation is 1. The van der Waals surface area contributed by atoms with E-state index in [-0.39, 0.29) is 11.7 Å². The first kappa shape index (κ1) is 14.7. The number of ketones is 1. The lowest BCUT2D eigenvalue weighted by atomic mass is 10.2. The van der Waals surface area contributed by atoms with Gasteiger partial charge in [-0.2, -0.15) is 0 Å². The summed E-state index contributed by atoms with van der Waals surface area (Å²) in [7, 11) is 1.78. The summed E-state index contributed by atoms with van der Waals surface area (Å²) in [5.41, 5.74) is 1.09. The molecule has 0 saturated carbocycles. The van der Waals surface area contributed by atoms with Gasteiger partial charge in [0, 0.05) is 58.1 Å². The van der Waals surface area contributed by atoms with Gasteiger partial charge in [-0.1, -0.05) is 0 Å². The molecule has 0 unspecified atom stereocenters. The van der Waals surface area contributed by atoms with Crippen molar-refractivity contribution in [3.05, 3.63) is 23.5 Å². The second-order valence-electron chi connectivity index (χ2n) is 5.13. The molecule has 1 amide bonds. The minimum absolute atomic E-state index is 0.0273. The Morgan fingerprint density at radius 2 is 2.05 bits per heavy atom. The summed E-state index contributed by atoms with van der Waals surface area (Å²) < 4.78 is 1.69. The highest BCUT2D eigenvalue weighted by Crippen LogP contribution is 2.07. The maximum Gasteiger partial charge on any atom is 0.267 e. The van der Waals surface area contributed by atoms with Gasteiger partial charge in [0.25, 0.3) is 5.91 Å². The van der Waals surface area contributed by atoms with E-state index in [1.807, 2.05) is 0 Å². The van der Waals surface area contributed by atoms with Gasteiger partial charge >= 0.3 is 0 Å². The number of nitrogens with zero attached hydrogens (tertiary/aromatic N) is 2. The minimum atomic E-state index is -0.130. The van der Waals surface area contributed by atoms with Gasteiger partial charge in [0.2, 0.25) is 0 Å². The normalized spacial score (nSPS) is 16.1. The average molecular weight is 278 g/mol. The molecule has 1 aliphatic heterocycles. The van der Waals surface area contributed by atoms with E-state index >= 15 is 0 Å². The maximum absolute atomic E-state index is 12.1. The Balaban J connectivity index is 1.83. The summed E-state index contributed by atoms with van der Waals surface area (Å²) in [5, 5.41) is 6.20. The van der Waals surface area contributed by atoms with Crippen LogP contribution in [0.3, 0.4) is 0 Å². The first-order chi connectivity index (χ1) is 9.58. The quantitative estimate of drug-likeness (QED) is 0.736. The highest BCUT2D eigenvalue weighted by molar-refractivity contribution is 5.99. The summed E-state index contributed by atoms with van der Waals surface area (Å²) in [4.78, 5) is 25.7. The van der Waals surface area contributed by atoms with Gasteiger partial charge in [-0.05, 0) is 13.0 Å². The summed E-state index contributed by atoms with van der Waals surface area (Å²) in [6.45, 7) is 7.04. The van der Waals surface area contributed by atoms with E-state index in [0.717, 1.165) is 32.7 Å². The Morgan fingerprint density at radius 1 is 1.35 bits per heavy atom. The van der Waals surface area contributed by atoms with Crippen molar-refractivity contribution in [1.82, 2.24) is 20.1 Å². The lowest BCUT2D eigenvalue weighted by Crippen LogP contribution is -2.46. The number of aromatic nitrogens is 1.